The summed E-state index contributed by atoms with van der Waals surface area (Å²) in [6.45, 7) is 6.78. The van der Waals surface area contributed by atoms with E-state index in [1.807, 2.05) is 0 Å². The molecular formula is C18H22Cl2N3O2+. The van der Waals surface area contributed by atoms with Crippen molar-refractivity contribution in [3.63, 3.8) is 0 Å². The number of benzene rings is 1. The molecule has 7 heteroatoms. The normalized spacial score (nSPS) is 20.0. The summed E-state index contributed by atoms with van der Waals surface area (Å²) < 4.78 is 5.26. The maximum atomic E-state index is 12.8. The van der Waals surface area contributed by atoms with E-state index >= 15 is 0 Å². The van der Waals surface area contributed by atoms with Crippen LogP contribution in [0.2, 0.25) is 10.0 Å². The lowest BCUT2D eigenvalue weighted by Crippen LogP contribution is -3.14. The highest BCUT2D eigenvalue weighted by molar-refractivity contribution is 6.39. The van der Waals surface area contributed by atoms with Gasteiger partial charge in [-0.3, -0.25) is 4.79 Å². The topological polar surface area (TPSA) is 59.6 Å². The number of hydrogen-bond donors (Lipinski definition) is 2. The molecule has 2 heterocycles. The fraction of sp³-hybridized carbons (Fsp3) is 0.444. The first-order valence-corrected chi connectivity index (χ1v) is 9.32. The number of nitrogens with one attached hydrogen (secondary N) is 2. The van der Waals surface area contributed by atoms with Crippen LogP contribution in [0.15, 0.2) is 22.7 Å². The standard InChI is InChI=1S/C18H21Cl2N3O2/c1-3-23-9-5-6-12(23)10-21-18(24)15-11(2)25-22-17(15)16-13(19)7-4-8-14(16)20/h4,7-8,12H,3,5-6,9-10H2,1-2H3,(H,21,24)/p+1/t12-/m0/s1. The minimum atomic E-state index is -0.202. The van der Waals surface area contributed by atoms with Crippen molar-refractivity contribution >= 4 is 29.1 Å². The second-order valence-corrected chi connectivity index (χ2v) is 7.18. The summed E-state index contributed by atoms with van der Waals surface area (Å²) in [7, 11) is 0. The molecule has 1 aliphatic heterocycles. The summed E-state index contributed by atoms with van der Waals surface area (Å²) in [5, 5.41) is 7.94. The number of aryl methyl sites for hydroxylation is 1. The number of aromatic nitrogens is 1. The molecule has 0 radical (unpaired) electrons. The van der Waals surface area contributed by atoms with E-state index in [0.29, 0.717) is 45.2 Å². The van der Waals surface area contributed by atoms with Crippen LogP contribution in [0, 0.1) is 6.92 Å². The summed E-state index contributed by atoms with van der Waals surface area (Å²) in [6, 6.07) is 5.65. The number of nitrogens with zero attached hydrogens (tertiary/aromatic N) is 1. The second kappa shape index (κ2) is 7.77. The highest BCUT2D eigenvalue weighted by Gasteiger charge is 2.29. The van der Waals surface area contributed by atoms with Crippen LogP contribution in [0.4, 0.5) is 0 Å². The first kappa shape index (κ1) is 18.2. The lowest BCUT2D eigenvalue weighted by molar-refractivity contribution is -0.909. The average Bonchev–Trinajstić information content (AvgIpc) is 3.19. The van der Waals surface area contributed by atoms with E-state index in [2.05, 4.69) is 17.4 Å². The van der Waals surface area contributed by atoms with Crippen molar-refractivity contribution in [1.29, 1.82) is 0 Å². The molecule has 1 fully saturated rings. The molecule has 5 nitrogen and oxygen atoms in total. The first-order valence-electron chi connectivity index (χ1n) is 8.56. The Morgan fingerprint density at radius 2 is 2.12 bits per heavy atom. The van der Waals surface area contributed by atoms with E-state index in [1.165, 1.54) is 17.9 Å². The Morgan fingerprint density at radius 1 is 1.40 bits per heavy atom. The molecule has 134 valence electrons. The number of likely N-dealkylation sites (tertiary alicyclic amines) is 1. The van der Waals surface area contributed by atoms with Crippen LogP contribution < -0.4 is 10.2 Å². The molecule has 0 aliphatic carbocycles. The van der Waals surface area contributed by atoms with Crippen LogP contribution in [-0.2, 0) is 0 Å². The zero-order valence-electron chi connectivity index (χ0n) is 14.4. The number of rotatable bonds is 5. The molecule has 0 saturated carbocycles. The molecule has 25 heavy (non-hydrogen) atoms. The predicted molar refractivity (Wildman–Crippen MR) is 98.4 cm³/mol. The first-order chi connectivity index (χ1) is 12.0. The lowest BCUT2D eigenvalue weighted by Gasteiger charge is -2.20. The third kappa shape index (κ3) is 3.68. The molecule has 1 amide bonds. The predicted octanol–water partition coefficient (Wildman–Crippen LogP) is 2.75. The summed E-state index contributed by atoms with van der Waals surface area (Å²) in [6.07, 6.45) is 2.34. The molecule has 1 saturated heterocycles. The Hall–Kier alpha value is -1.56. The van der Waals surface area contributed by atoms with Crippen LogP contribution in [-0.4, -0.2) is 36.7 Å². The summed E-state index contributed by atoms with van der Waals surface area (Å²) in [5.41, 5.74) is 1.30. The highest BCUT2D eigenvalue weighted by atomic mass is 35.5. The van der Waals surface area contributed by atoms with Crippen LogP contribution in [0.5, 0.6) is 0 Å². The summed E-state index contributed by atoms with van der Waals surface area (Å²) in [5.74, 6) is 0.252. The van der Waals surface area contributed by atoms with E-state index in [-0.39, 0.29) is 5.91 Å². The van der Waals surface area contributed by atoms with Crippen molar-refractivity contribution in [3.05, 3.63) is 39.6 Å². The number of quaternary nitrogens is 1. The van der Waals surface area contributed by atoms with Gasteiger partial charge in [0.15, 0.2) is 0 Å². The van der Waals surface area contributed by atoms with Crippen LogP contribution in [0.25, 0.3) is 11.3 Å². The second-order valence-electron chi connectivity index (χ2n) is 6.37. The van der Waals surface area contributed by atoms with Gasteiger partial charge in [0.05, 0.1) is 29.7 Å². The summed E-state index contributed by atoms with van der Waals surface area (Å²) in [4.78, 5) is 14.3. The maximum Gasteiger partial charge on any atom is 0.257 e. The van der Waals surface area contributed by atoms with Gasteiger partial charge in [-0.25, -0.2) is 0 Å². The van der Waals surface area contributed by atoms with E-state index in [1.54, 1.807) is 25.1 Å². The molecule has 2 atom stereocenters. The van der Waals surface area contributed by atoms with Gasteiger partial charge in [-0.1, -0.05) is 34.4 Å². The van der Waals surface area contributed by atoms with Gasteiger partial charge in [-0.15, -0.1) is 0 Å². The molecule has 3 rings (SSSR count). The number of amides is 1. The van der Waals surface area contributed by atoms with E-state index in [0.717, 1.165) is 13.0 Å². The minimum Gasteiger partial charge on any atom is -0.360 e. The van der Waals surface area contributed by atoms with E-state index in [9.17, 15) is 4.79 Å². The fourth-order valence-corrected chi connectivity index (χ4v) is 4.11. The van der Waals surface area contributed by atoms with Crippen LogP contribution in [0.3, 0.4) is 0 Å². The van der Waals surface area contributed by atoms with Crippen molar-refractivity contribution in [1.82, 2.24) is 10.5 Å². The SMILES string of the molecule is CC[NH+]1CCC[C@H]1CNC(=O)c1c(-c2c(Cl)cccc2Cl)noc1C. The Balaban J connectivity index is 1.83. The van der Waals surface area contributed by atoms with Gasteiger partial charge in [-0.2, -0.15) is 0 Å². The fourth-order valence-electron chi connectivity index (χ4n) is 3.53. The Labute approximate surface area is 157 Å². The molecule has 1 aromatic heterocycles. The molecule has 1 aromatic carbocycles. The zero-order valence-corrected chi connectivity index (χ0v) is 15.9. The van der Waals surface area contributed by atoms with E-state index < -0.39 is 0 Å². The monoisotopic (exact) mass is 382 g/mol. The Morgan fingerprint density at radius 3 is 2.80 bits per heavy atom. The quantitative estimate of drug-likeness (QED) is 0.835. The number of carbonyl (C=O) groups is 1. The van der Waals surface area contributed by atoms with Crippen molar-refractivity contribution in [2.75, 3.05) is 19.6 Å². The molecular weight excluding hydrogens is 361 g/mol. The van der Waals surface area contributed by atoms with Gasteiger partial charge in [-0.05, 0) is 26.0 Å². The van der Waals surface area contributed by atoms with Crippen molar-refractivity contribution < 1.29 is 14.2 Å². The molecule has 0 spiro atoms. The van der Waals surface area contributed by atoms with Gasteiger partial charge in [0.1, 0.15) is 23.1 Å². The maximum absolute atomic E-state index is 12.8. The van der Waals surface area contributed by atoms with Gasteiger partial charge < -0.3 is 14.7 Å². The lowest BCUT2D eigenvalue weighted by atomic mass is 10.1. The van der Waals surface area contributed by atoms with Gasteiger partial charge in [0.2, 0.25) is 0 Å². The van der Waals surface area contributed by atoms with Crippen molar-refractivity contribution in [2.45, 2.75) is 32.7 Å². The van der Waals surface area contributed by atoms with Gasteiger partial charge in [0, 0.05) is 18.4 Å². The molecule has 2 aromatic rings. The molecule has 1 aliphatic rings. The number of likely N-dealkylation sites (N-methyl/N-ethyl adjacent to an activating group) is 1. The molecule has 2 N–H and O–H groups in total. The molecule has 1 unspecified atom stereocenters. The Kier molecular flexibility index (Phi) is 5.67. The number of halogens is 2. The van der Waals surface area contributed by atoms with Crippen LogP contribution >= 0.6 is 23.2 Å². The number of carbonyl (C=O) groups excluding carboxylic acids is 1. The third-order valence-corrected chi connectivity index (χ3v) is 5.51. The van der Waals surface area contributed by atoms with E-state index in [4.69, 9.17) is 27.7 Å². The van der Waals surface area contributed by atoms with Gasteiger partial charge >= 0.3 is 0 Å². The highest BCUT2D eigenvalue weighted by Crippen LogP contribution is 2.36. The molecule has 0 bridgehead atoms. The number of hydrogen-bond acceptors (Lipinski definition) is 3. The largest absolute Gasteiger partial charge is 0.360 e. The van der Waals surface area contributed by atoms with Crippen LogP contribution in [0.1, 0.15) is 35.9 Å². The zero-order chi connectivity index (χ0) is 18.0. The minimum absolute atomic E-state index is 0.202. The third-order valence-electron chi connectivity index (χ3n) is 4.88. The smallest absolute Gasteiger partial charge is 0.257 e. The summed E-state index contributed by atoms with van der Waals surface area (Å²) >= 11 is 12.5. The Bertz CT molecular complexity index is 755. The van der Waals surface area contributed by atoms with Gasteiger partial charge in [0.25, 0.3) is 5.91 Å². The van der Waals surface area contributed by atoms with Crippen molar-refractivity contribution in [2.24, 2.45) is 0 Å². The average molecular weight is 383 g/mol. The van der Waals surface area contributed by atoms with Crippen molar-refractivity contribution in [3.8, 4) is 11.3 Å².